The third-order valence-corrected chi connectivity index (χ3v) is 9.07. The molecule has 3 aromatic carbocycles. The molecule has 4 aromatic rings. The van der Waals surface area contributed by atoms with Crippen LogP contribution in [0.25, 0.3) is 16.5 Å². The molecule has 5 nitrogen and oxygen atoms in total. The molecule has 0 fully saturated rings. The first kappa shape index (κ1) is 24.3. The maximum atomic E-state index is 13.2. The molecule has 36 heavy (non-hydrogen) atoms. The van der Waals surface area contributed by atoms with Crippen LogP contribution in [-0.4, -0.2) is 37.5 Å². The molecule has 0 radical (unpaired) electrons. The second-order valence-electron chi connectivity index (χ2n) is 9.25. The summed E-state index contributed by atoms with van der Waals surface area (Å²) in [5.74, 6) is 0.849. The molecule has 0 aliphatic carbocycles. The van der Waals surface area contributed by atoms with Gasteiger partial charge in [-0.1, -0.05) is 55.5 Å². The maximum absolute atomic E-state index is 13.2. The van der Waals surface area contributed by atoms with Crippen LogP contribution in [0.4, 0.5) is 0 Å². The fourth-order valence-corrected chi connectivity index (χ4v) is 6.48. The van der Waals surface area contributed by atoms with Crippen LogP contribution in [0.3, 0.4) is 0 Å². The highest BCUT2D eigenvalue weighted by molar-refractivity contribution is 7.89. The van der Waals surface area contributed by atoms with Crippen molar-refractivity contribution in [1.82, 2.24) is 8.87 Å². The van der Waals surface area contributed by atoms with Gasteiger partial charge in [0.05, 0.1) is 12.0 Å². The number of rotatable bonds is 7. The van der Waals surface area contributed by atoms with Crippen LogP contribution in [0.15, 0.2) is 83.8 Å². The first-order valence-corrected chi connectivity index (χ1v) is 13.9. The van der Waals surface area contributed by atoms with Crippen molar-refractivity contribution in [3.8, 4) is 5.75 Å². The van der Waals surface area contributed by atoms with E-state index in [9.17, 15) is 8.42 Å². The molecule has 0 bridgehead atoms. The summed E-state index contributed by atoms with van der Waals surface area (Å²) in [5.41, 5.74) is 7.16. The summed E-state index contributed by atoms with van der Waals surface area (Å²) in [5, 5.41) is 1.21. The Morgan fingerprint density at radius 2 is 1.61 bits per heavy atom. The number of para-hydroxylation sites is 1. The fraction of sp³-hybridized carbons (Fsp3) is 0.267. The average Bonchev–Trinajstić information content (AvgIpc) is 3.20. The molecule has 1 aliphatic rings. The van der Waals surface area contributed by atoms with E-state index >= 15 is 0 Å². The van der Waals surface area contributed by atoms with Crippen molar-refractivity contribution in [2.45, 2.75) is 38.1 Å². The van der Waals surface area contributed by atoms with E-state index in [1.165, 1.54) is 33.3 Å². The van der Waals surface area contributed by atoms with Crippen LogP contribution in [-0.2, 0) is 23.0 Å². The number of fused-ring (bicyclic) bond motifs is 1. The third-order valence-electron chi connectivity index (χ3n) is 7.19. The van der Waals surface area contributed by atoms with Gasteiger partial charge in [-0.25, -0.2) is 8.42 Å². The first-order valence-electron chi connectivity index (χ1n) is 12.4. The lowest BCUT2D eigenvalue weighted by molar-refractivity contribution is 0.414. The summed E-state index contributed by atoms with van der Waals surface area (Å²) in [4.78, 5) is 0.365. The summed E-state index contributed by atoms with van der Waals surface area (Å²) in [6.07, 6.45) is 3.67. The van der Waals surface area contributed by atoms with Gasteiger partial charge in [0.25, 0.3) is 0 Å². The number of hydrogen-bond acceptors (Lipinski definition) is 3. The van der Waals surface area contributed by atoms with Crippen molar-refractivity contribution in [2.75, 3.05) is 20.2 Å². The van der Waals surface area contributed by atoms with Gasteiger partial charge >= 0.3 is 0 Å². The summed E-state index contributed by atoms with van der Waals surface area (Å²) >= 11 is 0. The van der Waals surface area contributed by atoms with Gasteiger partial charge in [0, 0.05) is 41.8 Å². The summed E-state index contributed by atoms with van der Waals surface area (Å²) in [6, 6.07) is 23.9. The second kappa shape index (κ2) is 9.96. The number of benzene rings is 3. The standard InChI is InChI=1S/C30H32N2O3S/c1-4-23-11-15-27(16-12-23)36(33,34)31-19-17-25(18-20-31)30-22(2)32(29-8-6-5-7-28(29)30)21-24-9-13-26(35-3)14-10-24/h5-17H,4,18-21H2,1-3H3. The van der Waals surface area contributed by atoms with Crippen molar-refractivity contribution in [3.05, 3.63) is 101 Å². The molecule has 2 heterocycles. The van der Waals surface area contributed by atoms with Crippen LogP contribution in [0, 0.1) is 6.92 Å². The minimum Gasteiger partial charge on any atom is -0.497 e. The number of methoxy groups -OCH3 is 1. The smallest absolute Gasteiger partial charge is 0.243 e. The quantitative estimate of drug-likeness (QED) is 0.311. The Balaban J connectivity index is 1.45. The zero-order chi connectivity index (χ0) is 25.3. The number of ether oxygens (including phenoxy) is 1. The van der Waals surface area contributed by atoms with Crippen LogP contribution >= 0.6 is 0 Å². The molecule has 1 aliphatic heterocycles. The largest absolute Gasteiger partial charge is 0.497 e. The molecule has 0 spiro atoms. The van der Waals surface area contributed by atoms with E-state index in [-0.39, 0.29) is 0 Å². The van der Waals surface area contributed by atoms with Crippen molar-refractivity contribution in [3.63, 3.8) is 0 Å². The number of nitrogens with zero attached hydrogens (tertiary/aromatic N) is 2. The number of sulfonamides is 1. The Kier molecular flexibility index (Phi) is 6.73. The zero-order valence-corrected chi connectivity index (χ0v) is 21.9. The Morgan fingerprint density at radius 1 is 0.917 bits per heavy atom. The molecule has 0 unspecified atom stereocenters. The molecule has 0 amide bonds. The lowest BCUT2D eigenvalue weighted by atomic mass is 9.97. The van der Waals surface area contributed by atoms with Crippen LogP contribution in [0.1, 0.15) is 35.7 Å². The number of aromatic nitrogens is 1. The van der Waals surface area contributed by atoms with E-state index in [0.717, 1.165) is 24.3 Å². The van der Waals surface area contributed by atoms with Gasteiger partial charge < -0.3 is 9.30 Å². The van der Waals surface area contributed by atoms with Gasteiger partial charge in [-0.15, -0.1) is 0 Å². The highest BCUT2D eigenvalue weighted by atomic mass is 32.2. The topological polar surface area (TPSA) is 51.5 Å². The minimum atomic E-state index is -3.51. The molecule has 186 valence electrons. The molecule has 0 saturated heterocycles. The van der Waals surface area contributed by atoms with Crippen molar-refractivity contribution in [1.29, 1.82) is 0 Å². The normalized spacial score (nSPS) is 14.7. The summed E-state index contributed by atoms with van der Waals surface area (Å²) in [6.45, 7) is 5.85. The van der Waals surface area contributed by atoms with Gasteiger partial charge in [-0.3, -0.25) is 0 Å². The van der Waals surface area contributed by atoms with Gasteiger partial charge in [-0.05, 0) is 66.8 Å². The number of hydrogen-bond donors (Lipinski definition) is 0. The zero-order valence-electron chi connectivity index (χ0n) is 21.1. The van der Waals surface area contributed by atoms with E-state index in [4.69, 9.17) is 4.74 Å². The van der Waals surface area contributed by atoms with Crippen molar-refractivity contribution in [2.24, 2.45) is 0 Å². The number of aryl methyl sites for hydroxylation is 1. The summed E-state index contributed by atoms with van der Waals surface area (Å²) < 4.78 is 35.7. The lowest BCUT2D eigenvalue weighted by Gasteiger charge is -2.26. The second-order valence-corrected chi connectivity index (χ2v) is 11.2. The Morgan fingerprint density at radius 3 is 2.25 bits per heavy atom. The van der Waals surface area contributed by atoms with Gasteiger partial charge in [0.15, 0.2) is 0 Å². The molecular weight excluding hydrogens is 468 g/mol. The van der Waals surface area contributed by atoms with Gasteiger partial charge in [0.2, 0.25) is 10.0 Å². The molecule has 0 atom stereocenters. The van der Waals surface area contributed by atoms with Crippen LogP contribution < -0.4 is 4.74 Å². The van der Waals surface area contributed by atoms with Crippen LogP contribution in [0.2, 0.25) is 0 Å². The molecule has 6 heteroatoms. The predicted octanol–water partition coefficient (Wildman–Crippen LogP) is 6.05. The SMILES string of the molecule is CCc1ccc(S(=O)(=O)N2CC=C(c3c(C)n(Cc4ccc(OC)cc4)c4ccccc34)CC2)cc1. The fourth-order valence-electron chi connectivity index (χ4n) is 5.10. The van der Waals surface area contributed by atoms with Crippen LogP contribution in [0.5, 0.6) is 5.75 Å². The summed E-state index contributed by atoms with van der Waals surface area (Å²) in [7, 11) is -1.84. The molecule has 0 N–H and O–H groups in total. The van der Waals surface area contributed by atoms with E-state index in [1.54, 1.807) is 23.5 Å². The average molecular weight is 501 g/mol. The third kappa shape index (κ3) is 4.47. The minimum absolute atomic E-state index is 0.365. The molecular formula is C30H32N2O3S. The molecule has 5 rings (SSSR count). The van der Waals surface area contributed by atoms with E-state index < -0.39 is 10.0 Å². The Bertz CT molecular complexity index is 1520. The van der Waals surface area contributed by atoms with Crippen molar-refractivity contribution >= 4 is 26.5 Å². The van der Waals surface area contributed by atoms with Crippen molar-refractivity contribution < 1.29 is 13.2 Å². The predicted molar refractivity (Wildman–Crippen MR) is 146 cm³/mol. The molecule has 0 saturated carbocycles. The van der Waals surface area contributed by atoms with E-state index in [2.05, 4.69) is 60.9 Å². The van der Waals surface area contributed by atoms with E-state index in [0.29, 0.717) is 24.4 Å². The Labute approximate surface area is 213 Å². The molecule has 1 aromatic heterocycles. The highest BCUT2D eigenvalue weighted by Crippen LogP contribution is 2.36. The Hall–Kier alpha value is -3.35. The van der Waals surface area contributed by atoms with E-state index in [1.807, 2.05) is 24.3 Å². The maximum Gasteiger partial charge on any atom is 0.243 e. The lowest BCUT2D eigenvalue weighted by Crippen LogP contribution is -2.34. The monoisotopic (exact) mass is 500 g/mol. The van der Waals surface area contributed by atoms with Gasteiger partial charge in [-0.2, -0.15) is 4.31 Å². The first-order chi connectivity index (χ1) is 17.4. The van der Waals surface area contributed by atoms with Gasteiger partial charge in [0.1, 0.15) is 5.75 Å². The highest BCUT2D eigenvalue weighted by Gasteiger charge is 2.28.